The summed E-state index contributed by atoms with van der Waals surface area (Å²) in [6, 6.07) is 10.5. The molecule has 3 rings (SSSR count). The van der Waals surface area contributed by atoms with Crippen LogP contribution in [0.1, 0.15) is 33.6 Å². The zero-order valence-electron chi connectivity index (χ0n) is 13.0. The summed E-state index contributed by atoms with van der Waals surface area (Å²) in [5.41, 5.74) is 0.570. The Morgan fingerprint density at radius 3 is 2.62 bits per heavy atom. The van der Waals surface area contributed by atoms with Crippen LogP contribution >= 0.6 is 11.6 Å². The van der Waals surface area contributed by atoms with E-state index in [4.69, 9.17) is 11.6 Å². The van der Waals surface area contributed by atoms with E-state index in [1.807, 2.05) is 18.2 Å². The molecule has 0 saturated carbocycles. The summed E-state index contributed by atoms with van der Waals surface area (Å²) < 4.78 is 0. The highest BCUT2D eigenvalue weighted by Gasteiger charge is 2.29. The van der Waals surface area contributed by atoms with Gasteiger partial charge >= 0.3 is 0 Å². The highest BCUT2D eigenvalue weighted by Crippen LogP contribution is 2.22. The number of halogens is 1. The van der Waals surface area contributed by atoms with Gasteiger partial charge in [-0.3, -0.25) is 14.4 Å². The first-order valence-electron chi connectivity index (χ1n) is 7.83. The number of pyridine rings is 1. The van der Waals surface area contributed by atoms with Crippen LogP contribution < -0.4 is 5.56 Å². The van der Waals surface area contributed by atoms with E-state index in [1.165, 1.54) is 12.3 Å². The van der Waals surface area contributed by atoms with Crippen molar-refractivity contribution in [2.45, 2.75) is 12.8 Å². The van der Waals surface area contributed by atoms with E-state index in [2.05, 4.69) is 4.98 Å². The second-order valence-electron chi connectivity index (χ2n) is 5.89. The summed E-state index contributed by atoms with van der Waals surface area (Å²) in [6.07, 6.45) is 2.90. The summed E-state index contributed by atoms with van der Waals surface area (Å²) in [5.74, 6) is -0.366. The molecule has 1 aromatic carbocycles. The van der Waals surface area contributed by atoms with Gasteiger partial charge in [-0.2, -0.15) is 0 Å². The lowest BCUT2D eigenvalue weighted by atomic mass is 9.90. The molecule has 1 saturated heterocycles. The molecular formula is C18H17ClN2O3. The molecule has 6 heteroatoms. The minimum absolute atomic E-state index is 0.0187. The molecule has 1 aromatic heterocycles. The summed E-state index contributed by atoms with van der Waals surface area (Å²) in [6.45, 7) is 0.970. The highest BCUT2D eigenvalue weighted by atomic mass is 35.5. The number of rotatable bonds is 3. The number of amides is 1. The van der Waals surface area contributed by atoms with Gasteiger partial charge in [-0.15, -0.1) is 0 Å². The Hall–Kier alpha value is -2.40. The number of hydrogen-bond donors (Lipinski definition) is 1. The van der Waals surface area contributed by atoms with Crippen LogP contribution in [0.25, 0.3) is 0 Å². The van der Waals surface area contributed by atoms with E-state index in [0.29, 0.717) is 24.2 Å². The maximum absolute atomic E-state index is 12.6. The second kappa shape index (κ2) is 7.01. The molecule has 1 aliphatic heterocycles. The van der Waals surface area contributed by atoms with Gasteiger partial charge in [-0.1, -0.05) is 41.9 Å². The van der Waals surface area contributed by atoms with Crippen LogP contribution in [-0.4, -0.2) is 34.7 Å². The first-order chi connectivity index (χ1) is 11.6. The number of likely N-dealkylation sites (tertiary alicyclic amines) is 1. The van der Waals surface area contributed by atoms with Crippen molar-refractivity contribution in [1.29, 1.82) is 0 Å². The van der Waals surface area contributed by atoms with Gasteiger partial charge < -0.3 is 9.88 Å². The average molecular weight is 345 g/mol. The molecule has 2 aromatic rings. The zero-order chi connectivity index (χ0) is 17.1. The Labute approximate surface area is 144 Å². The minimum atomic E-state index is -0.427. The van der Waals surface area contributed by atoms with Gasteiger partial charge in [-0.05, 0) is 18.9 Å². The van der Waals surface area contributed by atoms with E-state index >= 15 is 0 Å². The predicted molar refractivity (Wildman–Crippen MR) is 91.5 cm³/mol. The largest absolute Gasteiger partial charge is 0.338 e. The van der Waals surface area contributed by atoms with Crippen molar-refractivity contribution in [2.75, 3.05) is 13.1 Å². The number of benzene rings is 1. The monoisotopic (exact) mass is 344 g/mol. The fourth-order valence-corrected chi connectivity index (χ4v) is 3.15. The quantitative estimate of drug-likeness (QED) is 0.870. The van der Waals surface area contributed by atoms with Crippen molar-refractivity contribution in [3.05, 3.63) is 69.1 Å². The van der Waals surface area contributed by atoms with Crippen molar-refractivity contribution in [1.82, 2.24) is 9.88 Å². The van der Waals surface area contributed by atoms with Crippen LogP contribution in [0.3, 0.4) is 0 Å². The number of ketones is 1. The Morgan fingerprint density at radius 1 is 1.17 bits per heavy atom. The number of Topliss-reactive ketones (excluding diaryl/α,β-unsaturated/α-hetero) is 1. The van der Waals surface area contributed by atoms with Crippen molar-refractivity contribution in [3.63, 3.8) is 0 Å². The summed E-state index contributed by atoms with van der Waals surface area (Å²) in [7, 11) is 0. The molecule has 2 heterocycles. The summed E-state index contributed by atoms with van der Waals surface area (Å²) in [4.78, 5) is 40.6. The molecule has 0 unspecified atom stereocenters. The third kappa shape index (κ3) is 3.41. The molecule has 1 N–H and O–H groups in total. The number of H-pyrrole nitrogens is 1. The van der Waals surface area contributed by atoms with Crippen LogP contribution in [0, 0.1) is 5.92 Å². The number of carbonyl (C=O) groups is 2. The molecule has 0 bridgehead atoms. The molecule has 0 spiro atoms. The van der Waals surface area contributed by atoms with Crippen molar-refractivity contribution in [3.8, 4) is 0 Å². The Bertz CT molecular complexity index is 817. The molecule has 5 nitrogen and oxygen atoms in total. The van der Waals surface area contributed by atoms with Gasteiger partial charge in [0, 0.05) is 30.8 Å². The Morgan fingerprint density at radius 2 is 1.92 bits per heavy atom. The number of hydrogen-bond acceptors (Lipinski definition) is 3. The smallest absolute Gasteiger partial charge is 0.266 e. The molecule has 1 atom stereocenters. The van der Waals surface area contributed by atoms with Crippen molar-refractivity contribution in [2.24, 2.45) is 5.92 Å². The van der Waals surface area contributed by atoms with Gasteiger partial charge in [0.1, 0.15) is 5.02 Å². The Balaban J connectivity index is 1.75. The average Bonchev–Trinajstić information content (AvgIpc) is 2.63. The maximum atomic E-state index is 12.6. The highest BCUT2D eigenvalue weighted by molar-refractivity contribution is 6.30. The molecule has 1 aliphatic rings. The second-order valence-corrected chi connectivity index (χ2v) is 6.29. The fraction of sp³-hybridized carbons (Fsp3) is 0.278. The fourth-order valence-electron chi connectivity index (χ4n) is 2.98. The first kappa shape index (κ1) is 16.5. The van der Waals surface area contributed by atoms with Crippen LogP contribution in [-0.2, 0) is 0 Å². The molecule has 24 heavy (non-hydrogen) atoms. The summed E-state index contributed by atoms with van der Waals surface area (Å²) >= 11 is 5.79. The molecule has 124 valence electrons. The number of aromatic amines is 1. The van der Waals surface area contributed by atoms with Crippen LogP contribution in [0.15, 0.2) is 47.4 Å². The van der Waals surface area contributed by atoms with Crippen molar-refractivity contribution < 1.29 is 9.59 Å². The number of carbonyl (C=O) groups excluding carboxylic acids is 2. The lowest BCUT2D eigenvalue weighted by Crippen LogP contribution is -2.42. The van der Waals surface area contributed by atoms with E-state index in [-0.39, 0.29) is 22.6 Å². The SMILES string of the molecule is O=C(c1ccccc1)[C@@H]1CCCN(C(=O)c2c[nH]c(=O)c(Cl)c2)C1. The minimum Gasteiger partial charge on any atom is -0.338 e. The maximum Gasteiger partial charge on any atom is 0.266 e. The van der Waals surface area contributed by atoms with E-state index in [0.717, 1.165) is 12.8 Å². The zero-order valence-corrected chi connectivity index (χ0v) is 13.8. The number of aromatic nitrogens is 1. The van der Waals surface area contributed by atoms with E-state index < -0.39 is 5.56 Å². The molecule has 0 aliphatic carbocycles. The molecule has 1 fully saturated rings. The van der Waals surface area contributed by atoms with Gasteiger partial charge in [0.2, 0.25) is 0 Å². The van der Waals surface area contributed by atoms with Crippen LogP contribution in [0.4, 0.5) is 0 Å². The standard InChI is InChI=1S/C18H17ClN2O3/c19-15-9-14(10-20-17(15)23)18(24)21-8-4-7-13(11-21)16(22)12-5-2-1-3-6-12/h1-3,5-6,9-10,13H,4,7-8,11H2,(H,20,23)/t13-/m1/s1. The third-order valence-corrected chi connectivity index (χ3v) is 4.52. The predicted octanol–water partition coefficient (Wildman–Crippen LogP) is 2.76. The van der Waals surface area contributed by atoms with Crippen molar-refractivity contribution >= 4 is 23.3 Å². The molecular weight excluding hydrogens is 328 g/mol. The Kier molecular flexibility index (Phi) is 4.81. The molecule has 0 radical (unpaired) electrons. The van der Waals surface area contributed by atoms with Gasteiger partial charge in [-0.25, -0.2) is 0 Å². The number of nitrogens with zero attached hydrogens (tertiary/aromatic N) is 1. The number of nitrogens with one attached hydrogen (secondary N) is 1. The lowest BCUT2D eigenvalue weighted by Gasteiger charge is -2.32. The first-order valence-corrected chi connectivity index (χ1v) is 8.21. The van der Waals surface area contributed by atoms with Gasteiger partial charge in [0.05, 0.1) is 5.56 Å². The lowest BCUT2D eigenvalue weighted by molar-refractivity contribution is 0.0636. The van der Waals surface area contributed by atoms with Crippen LogP contribution in [0.5, 0.6) is 0 Å². The van der Waals surface area contributed by atoms with Gasteiger partial charge in [0.15, 0.2) is 5.78 Å². The topological polar surface area (TPSA) is 70.2 Å². The molecule has 1 amide bonds. The van der Waals surface area contributed by atoms with E-state index in [9.17, 15) is 14.4 Å². The summed E-state index contributed by atoms with van der Waals surface area (Å²) in [5, 5.41) is -0.0187. The van der Waals surface area contributed by atoms with Gasteiger partial charge in [0.25, 0.3) is 11.5 Å². The third-order valence-electron chi connectivity index (χ3n) is 4.24. The number of piperidine rings is 1. The van der Waals surface area contributed by atoms with Crippen LogP contribution in [0.2, 0.25) is 5.02 Å². The van der Waals surface area contributed by atoms with E-state index in [1.54, 1.807) is 17.0 Å². The normalized spacial score (nSPS) is 17.5.